The topological polar surface area (TPSA) is 38.7 Å². The van der Waals surface area contributed by atoms with Gasteiger partial charge in [-0.05, 0) is 24.1 Å². The third-order valence-corrected chi connectivity index (χ3v) is 2.77. The van der Waals surface area contributed by atoms with Crippen LogP contribution in [0.2, 0.25) is 0 Å². The summed E-state index contributed by atoms with van der Waals surface area (Å²) in [6, 6.07) is 5.59. The van der Waals surface area contributed by atoms with Crippen LogP contribution in [0.1, 0.15) is 5.56 Å². The van der Waals surface area contributed by atoms with Crippen LogP contribution in [0, 0.1) is 0 Å². The summed E-state index contributed by atoms with van der Waals surface area (Å²) in [4.78, 5) is 0. The Hall–Kier alpha value is -1.19. The lowest BCUT2D eigenvalue weighted by atomic mass is 10.1. The zero-order chi connectivity index (χ0) is 11.6. The second kappa shape index (κ2) is 4.36. The van der Waals surface area contributed by atoms with Crippen LogP contribution < -0.4 is 9.47 Å². The molecule has 1 aliphatic rings. The van der Waals surface area contributed by atoms with E-state index in [4.69, 9.17) is 21.1 Å². The molecule has 1 heterocycles. The molecule has 0 radical (unpaired) electrons. The Balaban J connectivity index is 2.28. The maximum Gasteiger partial charge on any atom is 0.256 e. The van der Waals surface area contributed by atoms with Crippen LogP contribution in [-0.2, 0) is 6.42 Å². The quantitative estimate of drug-likeness (QED) is 0.650. The minimum Gasteiger partial charge on any atom is -0.483 e. The number of ether oxygens (including phenoxy) is 2. The van der Waals surface area contributed by atoms with Gasteiger partial charge in [0.15, 0.2) is 18.1 Å². The molecule has 1 aromatic carbocycles. The largest absolute Gasteiger partial charge is 0.483 e. The van der Waals surface area contributed by atoms with Gasteiger partial charge in [0.05, 0.1) is 5.88 Å². The van der Waals surface area contributed by atoms with Gasteiger partial charge in [0.1, 0.15) is 0 Å². The lowest BCUT2D eigenvalue weighted by Crippen LogP contribution is -2.46. The molecule has 16 heavy (non-hydrogen) atoms. The van der Waals surface area contributed by atoms with Gasteiger partial charge in [0.25, 0.3) is 5.79 Å². The molecule has 1 aliphatic heterocycles. The maximum absolute atomic E-state index is 9.85. The summed E-state index contributed by atoms with van der Waals surface area (Å²) in [6.45, 7) is 3.72. The van der Waals surface area contributed by atoms with E-state index in [0.29, 0.717) is 11.5 Å². The summed E-state index contributed by atoms with van der Waals surface area (Å²) in [5, 5.41) is 9.85. The van der Waals surface area contributed by atoms with Gasteiger partial charge in [-0.1, -0.05) is 12.1 Å². The lowest BCUT2D eigenvalue weighted by molar-refractivity contribution is -0.156. The van der Waals surface area contributed by atoms with Crippen LogP contribution in [-0.4, -0.2) is 23.4 Å². The summed E-state index contributed by atoms with van der Waals surface area (Å²) in [5.74, 6) is -0.309. The molecule has 4 heteroatoms. The van der Waals surface area contributed by atoms with Gasteiger partial charge in [-0.3, -0.25) is 0 Å². The molecular formula is C12H13ClO3. The molecule has 0 bridgehead atoms. The van der Waals surface area contributed by atoms with Crippen LogP contribution in [0.25, 0.3) is 0 Å². The Kier molecular flexibility index (Phi) is 3.08. The van der Waals surface area contributed by atoms with E-state index in [9.17, 15) is 5.11 Å². The van der Waals surface area contributed by atoms with E-state index in [1.807, 2.05) is 18.2 Å². The molecule has 1 unspecified atom stereocenters. The van der Waals surface area contributed by atoms with Gasteiger partial charge in [-0.15, -0.1) is 18.2 Å². The van der Waals surface area contributed by atoms with E-state index < -0.39 is 5.79 Å². The fourth-order valence-electron chi connectivity index (χ4n) is 1.54. The number of allylic oxidation sites excluding steroid dienone is 1. The number of rotatable bonds is 3. The molecule has 2 rings (SSSR count). The Labute approximate surface area is 99.3 Å². The van der Waals surface area contributed by atoms with Gasteiger partial charge >= 0.3 is 0 Å². The van der Waals surface area contributed by atoms with E-state index in [1.165, 1.54) is 0 Å². The SMILES string of the molecule is C=CCc1ccc2c(c1)OC(O)(CCl)CO2. The first-order valence-electron chi connectivity index (χ1n) is 5.01. The van der Waals surface area contributed by atoms with E-state index in [1.54, 1.807) is 6.08 Å². The minimum absolute atomic E-state index is 0.0296. The zero-order valence-electron chi connectivity index (χ0n) is 8.78. The molecule has 1 aromatic rings. The van der Waals surface area contributed by atoms with E-state index in [2.05, 4.69) is 6.58 Å². The van der Waals surface area contributed by atoms with Crippen molar-refractivity contribution in [1.82, 2.24) is 0 Å². The van der Waals surface area contributed by atoms with Crippen molar-refractivity contribution in [1.29, 1.82) is 0 Å². The molecule has 1 N–H and O–H groups in total. The monoisotopic (exact) mass is 240 g/mol. The van der Waals surface area contributed by atoms with Crippen molar-refractivity contribution in [2.45, 2.75) is 12.2 Å². The maximum atomic E-state index is 9.85. The Bertz CT molecular complexity index is 405. The fraction of sp³-hybridized carbons (Fsp3) is 0.333. The molecule has 86 valence electrons. The lowest BCUT2D eigenvalue weighted by Gasteiger charge is -2.32. The Morgan fingerprint density at radius 2 is 2.31 bits per heavy atom. The standard InChI is InChI=1S/C12H13ClO3/c1-2-3-9-4-5-10-11(6-9)16-12(14,7-13)8-15-10/h2,4-6,14H,1,3,7-8H2. The third kappa shape index (κ3) is 2.15. The summed E-state index contributed by atoms with van der Waals surface area (Å²) >= 11 is 5.62. The average molecular weight is 241 g/mol. The minimum atomic E-state index is -1.43. The number of alkyl halides is 1. The van der Waals surface area contributed by atoms with Crippen LogP contribution in [0.5, 0.6) is 11.5 Å². The highest BCUT2D eigenvalue weighted by Crippen LogP contribution is 2.35. The van der Waals surface area contributed by atoms with Gasteiger partial charge in [0, 0.05) is 0 Å². The number of hydrogen-bond acceptors (Lipinski definition) is 3. The van der Waals surface area contributed by atoms with Crippen LogP contribution in [0.3, 0.4) is 0 Å². The van der Waals surface area contributed by atoms with Gasteiger partial charge in [-0.2, -0.15) is 0 Å². The van der Waals surface area contributed by atoms with E-state index in [-0.39, 0.29) is 12.5 Å². The summed E-state index contributed by atoms with van der Waals surface area (Å²) < 4.78 is 10.8. The number of benzene rings is 1. The average Bonchev–Trinajstić information content (AvgIpc) is 2.29. The molecule has 0 saturated carbocycles. The second-order valence-corrected chi connectivity index (χ2v) is 4.01. The fourth-order valence-corrected chi connectivity index (χ4v) is 1.67. The molecule has 0 aromatic heterocycles. The number of hydrogen-bond donors (Lipinski definition) is 1. The van der Waals surface area contributed by atoms with Crippen molar-refractivity contribution < 1.29 is 14.6 Å². The first-order valence-corrected chi connectivity index (χ1v) is 5.54. The normalized spacial score (nSPS) is 22.9. The number of halogens is 1. The number of fused-ring (bicyclic) bond motifs is 1. The van der Waals surface area contributed by atoms with Crippen molar-refractivity contribution in [3.63, 3.8) is 0 Å². The summed E-state index contributed by atoms with van der Waals surface area (Å²) in [6.07, 6.45) is 2.55. The zero-order valence-corrected chi connectivity index (χ0v) is 9.54. The van der Waals surface area contributed by atoms with Crippen molar-refractivity contribution in [3.05, 3.63) is 36.4 Å². The molecule has 0 aliphatic carbocycles. The van der Waals surface area contributed by atoms with Gasteiger partial charge in [0.2, 0.25) is 0 Å². The first-order chi connectivity index (χ1) is 7.67. The molecule has 0 spiro atoms. The van der Waals surface area contributed by atoms with E-state index >= 15 is 0 Å². The second-order valence-electron chi connectivity index (χ2n) is 3.74. The molecule has 0 amide bonds. The highest BCUT2D eigenvalue weighted by Gasteiger charge is 2.34. The predicted molar refractivity (Wildman–Crippen MR) is 62.1 cm³/mol. The molecule has 0 fully saturated rings. The van der Waals surface area contributed by atoms with Crippen molar-refractivity contribution in [2.24, 2.45) is 0 Å². The molecular weight excluding hydrogens is 228 g/mol. The predicted octanol–water partition coefficient (Wildman–Crippen LogP) is 2.11. The number of aliphatic hydroxyl groups is 1. The first kappa shape index (κ1) is 11.3. The Morgan fingerprint density at radius 3 is 3.00 bits per heavy atom. The third-order valence-electron chi connectivity index (χ3n) is 2.35. The van der Waals surface area contributed by atoms with E-state index in [0.717, 1.165) is 12.0 Å². The van der Waals surface area contributed by atoms with Gasteiger partial charge in [-0.25, -0.2) is 0 Å². The highest BCUT2D eigenvalue weighted by atomic mass is 35.5. The highest BCUT2D eigenvalue weighted by molar-refractivity contribution is 6.18. The molecule has 0 saturated heterocycles. The van der Waals surface area contributed by atoms with Crippen molar-refractivity contribution >= 4 is 11.6 Å². The van der Waals surface area contributed by atoms with Crippen LogP contribution in [0.4, 0.5) is 0 Å². The van der Waals surface area contributed by atoms with Crippen molar-refractivity contribution in [2.75, 3.05) is 12.5 Å². The smallest absolute Gasteiger partial charge is 0.256 e. The summed E-state index contributed by atoms with van der Waals surface area (Å²) in [7, 11) is 0. The summed E-state index contributed by atoms with van der Waals surface area (Å²) in [5.41, 5.74) is 1.05. The Morgan fingerprint density at radius 1 is 1.50 bits per heavy atom. The van der Waals surface area contributed by atoms with Gasteiger partial charge < -0.3 is 14.6 Å². The van der Waals surface area contributed by atoms with Crippen LogP contribution >= 0.6 is 11.6 Å². The molecule has 3 nitrogen and oxygen atoms in total. The van der Waals surface area contributed by atoms with Crippen molar-refractivity contribution in [3.8, 4) is 11.5 Å². The van der Waals surface area contributed by atoms with Crippen LogP contribution in [0.15, 0.2) is 30.9 Å². The molecule has 1 atom stereocenters.